The van der Waals surface area contributed by atoms with E-state index in [1.807, 2.05) is 30.3 Å². The molecule has 4 aromatic carbocycles. The Hall–Kier alpha value is -6.17. The zero-order chi connectivity index (χ0) is 33.9. The lowest BCUT2D eigenvalue weighted by atomic mass is 10.00. The Balaban J connectivity index is 1.80. The Bertz CT molecular complexity index is 1750. The third-order valence-corrected chi connectivity index (χ3v) is 6.86. The molecule has 0 heterocycles. The van der Waals surface area contributed by atoms with Crippen molar-refractivity contribution in [1.82, 2.24) is 5.32 Å². The van der Waals surface area contributed by atoms with E-state index in [1.54, 1.807) is 66.7 Å². The van der Waals surface area contributed by atoms with Crippen LogP contribution in [0.3, 0.4) is 0 Å². The van der Waals surface area contributed by atoms with E-state index in [4.69, 9.17) is 25.4 Å². The lowest BCUT2D eigenvalue weighted by Gasteiger charge is -2.26. The summed E-state index contributed by atoms with van der Waals surface area (Å²) in [5.41, 5.74) is 8.31. The molecule has 0 aliphatic rings. The van der Waals surface area contributed by atoms with Gasteiger partial charge in [0, 0.05) is 36.7 Å². The van der Waals surface area contributed by atoms with Crippen molar-refractivity contribution < 1.29 is 33.4 Å². The van der Waals surface area contributed by atoms with Crippen LogP contribution in [0, 0.1) is 5.41 Å². The molecule has 2 unspecified atom stereocenters. The molecule has 242 valence electrons. The van der Waals surface area contributed by atoms with Crippen LogP contribution < -0.4 is 31.2 Å². The maximum Gasteiger partial charge on any atom is 0.340 e. The molecule has 0 radical (unpaired) electrons. The highest BCUT2D eigenvalue weighted by atomic mass is 16.6. The van der Waals surface area contributed by atoms with E-state index in [1.165, 1.54) is 14.0 Å². The van der Waals surface area contributed by atoms with Gasteiger partial charge < -0.3 is 35.9 Å². The minimum atomic E-state index is -1.35. The molecule has 0 spiro atoms. The number of carbonyl (C=O) groups excluding carboxylic acids is 4. The molecule has 0 bridgehead atoms. The van der Waals surface area contributed by atoms with Crippen LogP contribution in [0.2, 0.25) is 0 Å². The molecular weight excluding hydrogens is 602 g/mol. The fraction of sp³-hybridized carbons (Fsp3) is 0.171. The first-order valence-corrected chi connectivity index (χ1v) is 14.5. The minimum Gasteiger partial charge on any atom is -0.493 e. The summed E-state index contributed by atoms with van der Waals surface area (Å²) in [6, 6.07) is 24.7. The number of amidine groups is 1. The van der Waals surface area contributed by atoms with Crippen molar-refractivity contribution in [2.45, 2.75) is 32.5 Å². The van der Waals surface area contributed by atoms with E-state index < -0.39 is 35.8 Å². The van der Waals surface area contributed by atoms with Crippen molar-refractivity contribution in [3.05, 3.63) is 119 Å². The number of amides is 2. The van der Waals surface area contributed by atoms with E-state index in [-0.39, 0.29) is 29.4 Å². The Morgan fingerprint density at radius 2 is 1.47 bits per heavy atom. The van der Waals surface area contributed by atoms with E-state index in [0.717, 1.165) is 12.5 Å². The number of methoxy groups -OCH3 is 1. The molecule has 12 nitrogen and oxygen atoms in total. The topological polar surface area (TPSA) is 182 Å². The predicted molar refractivity (Wildman–Crippen MR) is 176 cm³/mol. The van der Waals surface area contributed by atoms with E-state index in [0.29, 0.717) is 22.6 Å². The van der Waals surface area contributed by atoms with Crippen LogP contribution in [0.1, 0.15) is 48.2 Å². The van der Waals surface area contributed by atoms with Crippen LogP contribution in [0.15, 0.2) is 97.1 Å². The van der Waals surface area contributed by atoms with Gasteiger partial charge in [-0.2, -0.15) is 0 Å². The quantitative estimate of drug-likeness (QED) is 0.0605. The summed E-state index contributed by atoms with van der Waals surface area (Å²) in [7, 11) is 1.44. The Labute approximate surface area is 271 Å². The number of nitrogens with two attached hydrogens (primary N) is 1. The number of carbonyl (C=O) groups is 4. The number of hydrogen-bond donors (Lipinski definition) is 5. The molecule has 2 atom stereocenters. The Morgan fingerprint density at radius 3 is 2.04 bits per heavy atom. The molecule has 6 N–H and O–H groups in total. The summed E-state index contributed by atoms with van der Waals surface area (Å²) >= 11 is 0. The molecule has 0 aliphatic heterocycles. The second kappa shape index (κ2) is 15.7. The number of rotatable bonds is 13. The van der Waals surface area contributed by atoms with Crippen molar-refractivity contribution in [3.8, 4) is 11.5 Å². The molecule has 2 amide bonds. The van der Waals surface area contributed by atoms with E-state index in [2.05, 4.69) is 16.0 Å². The van der Waals surface area contributed by atoms with Gasteiger partial charge in [-0.3, -0.25) is 19.8 Å². The maximum absolute atomic E-state index is 14.2. The second-order valence-corrected chi connectivity index (χ2v) is 10.4. The van der Waals surface area contributed by atoms with Crippen LogP contribution in [0.5, 0.6) is 11.5 Å². The fourth-order valence-electron chi connectivity index (χ4n) is 4.67. The molecule has 0 fully saturated rings. The number of esters is 2. The van der Waals surface area contributed by atoms with Gasteiger partial charge in [-0.25, -0.2) is 4.79 Å². The van der Waals surface area contributed by atoms with Crippen molar-refractivity contribution in [2.75, 3.05) is 17.7 Å². The van der Waals surface area contributed by atoms with Crippen molar-refractivity contribution >= 4 is 41.0 Å². The van der Waals surface area contributed by atoms with E-state index in [9.17, 15) is 19.2 Å². The highest BCUT2D eigenvalue weighted by molar-refractivity contribution is 5.97. The van der Waals surface area contributed by atoms with Gasteiger partial charge in [0.2, 0.25) is 11.8 Å². The SMILES string of the molecule is COc1cc(C(Nc2ccc(C(=N)N)cc2)C(=O)NC(C(=O)OC(C)=O)c2ccccc2)c(NC(C)=O)cc1OCc1ccccc1. The third kappa shape index (κ3) is 9.17. The standard InChI is InChI=1S/C35H35N5O7/c1-21(41)38-28-19-30(46-20-23-10-6-4-7-11-23)29(45-3)18-27(28)32(39-26-16-14-25(15-17-26)33(36)37)34(43)40-31(35(44)47-22(2)42)24-12-8-5-9-13-24/h4-19,31-32,39H,20H2,1-3H3,(H3,36,37)(H,38,41)(H,40,43). The number of nitrogen functional groups attached to an aromatic ring is 1. The van der Waals surface area contributed by atoms with Gasteiger partial charge in [-0.05, 0) is 41.5 Å². The number of ether oxygens (including phenoxy) is 3. The average molecular weight is 638 g/mol. The normalized spacial score (nSPS) is 11.7. The third-order valence-electron chi connectivity index (χ3n) is 6.86. The summed E-state index contributed by atoms with van der Waals surface area (Å²) in [6.07, 6.45) is 0. The summed E-state index contributed by atoms with van der Waals surface area (Å²) in [6.45, 7) is 2.62. The molecule has 0 saturated carbocycles. The molecule has 4 aromatic rings. The van der Waals surface area contributed by atoms with Gasteiger partial charge in [-0.1, -0.05) is 60.7 Å². The van der Waals surface area contributed by atoms with Crippen LogP contribution in [-0.2, 0) is 30.5 Å². The largest absolute Gasteiger partial charge is 0.493 e. The highest BCUT2D eigenvalue weighted by Crippen LogP contribution is 2.38. The smallest absolute Gasteiger partial charge is 0.340 e. The van der Waals surface area contributed by atoms with Gasteiger partial charge >= 0.3 is 11.9 Å². The van der Waals surface area contributed by atoms with Gasteiger partial charge in [0.15, 0.2) is 17.5 Å². The first-order valence-electron chi connectivity index (χ1n) is 14.5. The molecular formula is C35H35N5O7. The zero-order valence-corrected chi connectivity index (χ0v) is 26.0. The number of hydrogen-bond acceptors (Lipinski definition) is 9. The Kier molecular flexibility index (Phi) is 11.3. The Morgan fingerprint density at radius 1 is 0.830 bits per heavy atom. The van der Waals surface area contributed by atoms with Crippen molar-refractivity contribution in [3.63, 3.8) is 0 Å². The summed E-state index contributed by atoms with van der Waals surface area (Å²) < 4.78 is 16.6. The first kappa shape index (κ1) is 33.7. The second-order valence-electron chi connectivity index (χ2n) is 10.4. The first-order chi connectivity index (χ1) is 22.5. The summed E-state index contributed by atoms with van der Waals surface area (Å²) in [5.74, 6) is -2.50. The van der Waals surface area contributed by atoms with Crippen LogP contribution in [0.4, 0.5) is 11.4 Å². The monoisotopic (exact) mass is 637 g/mol. The molecule has 47 heavy (non-hydrogen) atoms. The minimum absolute atomic E-state index is 0.135. The van der Waals surface area contributed by atoms with Gasteiger partial charge in [0.05, 0.1) is 12.8 Å². The molecule has 12 heteroatoms. The zero-order valence-electron chi connectivity index (χ0n) is 26.0. The summed E-state index contributed by atoms with van der Waals surface area (Å²) in [5, 5.41) is 16.3. The van der Waals surface area contributed by atoms with Crippen molar-refractivity contribution in [1.29, 1.82) is 5.41 Å². The van der Waals surface area contributed by atoms with Crippen LogP contribution in [-0.4, -0.2) is 36.7 Å². The molecule has 0 aromatic heterocycles. The molecule has 4 rings (SSSR count). The number of anilines is 2. The molecule has 0 saturated heterocycles. The predicted octanol–water partition coefficient (Wildman–Crippen LogP) is 4.62. The van der Waals surface area contributed by atoms with Crippen molar-refractivity contribution in [2.24, 2.45) is 5.73 Å². The van der Waals surface area contributed by atoms with E-state index >= 15 is 0 Å². The summed E-state index contributed by atoms with van der Waals surface area (Å²) in [4.78, 5) is 51.3. The lowest BCUT2D eigenvalue weighted by molar-refractivity contribution is -0.160. The maximum atomic E-state index is 14.2. The van der Waals surface area contributed by atoms with Crippen LogP contribution >= 0.6 is 0 Å². The lowest BCUT2D eigenvalue weighted by Crippen LogP contribution is -2.40. The average Bonchev–Trinajstić information content (AvgIpc) is 3.05. The van der Waals surface area contributed by atoms with Gasteiger partial charge in [-0.15, -0.1) is 0 Å². The highest BCUT2D eigenvalue weighted by Gasteiger charge is 2.32. The van der Waals surface area contributed by atoms with Gasteiger partial charge in [0.1, 0.15) is 18.5 Å². The number of benzene rings is 4. The fourth-order valence-corrected chi connectivity index (χ4v) is 4.67. The molecule has 0 aliphatic carbocycles. The van der Waals surface area contributed by atoms with Crippen LogP contribution in [0.25, 0.3) is 0 Å². The number of nitrogens with one attached hydrogen (secondary N) is 4. The van der Waals surface area contributed by atoms with Gasteiger partial charge in [0.25, 0.3) is 0 Å².